The maximum atomic E-state index is 11.5. The topological polar surface area (TPSA) is 55.4 Å². The molecule has 0 aromatic carbocycles. The number of rotatable bonds is 6. The van der Waals surface area contributed by atoms with Gasteiger partial charge in [-0.2, -0.15) is 0 Å². The number of hydrogen-bond donors (Lipinski definition) is 1. The Balaban J connectivity index is 2.43. The van der Waals surface area contributed by atoms with Crippen molar-refractivity contribution in [2.45, 2.75) is 39.7 Å². The fourth-order valence-electron chi connectivity index (χ4n) is 2.19. The zero-order valence-corrected chi connectivity index (χ0v) is 11.2. The number of ether oxygens (including phenoxy) is 1. The van der Waals surface area contributed by atoms with E-state index in [0.29, 0.717) is 24.8 Å². The quantitative estimate of drug-likeness (QED) is 0.773. The highest BCUT2D eigenvalue weighted by atomic mass is 32.2. The molecule has 96 valence electrons. The van der Waals surface area contributed by atoms with Crippen LogP contribution in [0.4, 0.5) is 0 Å². The Kier molecular flexibility index (Phi) is 5.21. The van der Waals surface area contributed by atoms with Crippen molar-refractivity contribution >= 4 is 10.0 Å². The van der Waals surface area contributed by atoms with Crippen molar-refractivity contribution < 1.29 is 13.2 Å². The average molecular weight is 249 g/mol. The van der Waals surface area contributed by atoms with Gasteiger partial charge in [-0.05, 0) is 18.8 Å². The summed E-state index contributed by atoms with van der Waals surface area (Å²) in [6.45, 7) is 7.37. The van der Waals surface area contributed by atoms with Gasteiger partial charge in [-0.1, -0.05) is 20.8 Å². The van der Waals surface area contributed by atoms with Crippen LogP contribution in [-0.2, 0) is 14.8 Å². The molecule has 0 radical (unpaired) electrons. The van der Waals surface area contributed by atoms with Crippen LogP contribution in [0.3, 0.4) is 0 Å². The third-order valence-corrected chi connectivity index (χ3v) is 4.51. The van der Waals surface area contributed by atoms with Gasteiger partial charge in [-0.3, -0.25) is 0 Å². The minimum Gasteiger partial charge on any atom is -0.378 e. The zero-order valence-electron chi connectivity index (χ0n) is 10.4. The van der Waals surface area contributed by atoms with Crippen LogP contribution < -0.4 is 4.72 Å². The summed E-state index contributed by atoms with van der Waals surface area (Å²) in [7, 11) is -3.07. The van der Waals surface area contributed by atoms with Gasteiger partial charge in [-0.15, -0.1) is 0 Å². The molecule has 5 heteroatoms. The summed E-state index contributed by atoms with van der Waals surface area (Å²) in [5, 5.41) is 0. The van der Waals surface area contributed by atoms with Gasteiger partial charge in [0.1, 0.15) is 0 Å². The molecule has 0 aromatic heterocycles. The molecule has 1 aliphatic heterocycles. The van der Waals surface area contributed by atoms with Crippen LogP contribution in [0.15, 0.2) is 0 Å². The molecule has 16 heavy (non-hydrogen) atoms. The van der Waals surface area contributed by atoms with Crippen molar-refractivity contribution in [3.05, 3.63) is 0 Å². The van der Waals surface area contributed by atoms with Crippen LogP contribution in [-0.4, -0.2) is 33.4 Å². The lowest BCUT2D eigenvalue weighted by Crippen LogP contribution is -2.35. The second kappa shape index (κ2) is 5.98. The largest absolute Gasteiger partial charge is 0.378 e. The molecule has 0 aliphatic carbocycles. The maximum absolute atomic E-state index is 11.5. The number of sulfonamides is 1. The van der Waals surface area contributed by atoms with Crippen LogP contribution in [0.2, 0.25) is 0 Å². The first-order valence-corrected chi connectivity index (χ1v) is 7.70. The molecule has 0 bridgehead atoms. The monoisotopic (exact) mass is 249 g/mol. The molecule has 2 unspecified atom stereocenters. The van der Waals surface area contributed by atoms with Gasteiger partial charge < -0.3 is 4.74 Å². The summed E-state index contributed by atoms with van der Waals surface area (Å²) in [5.74, 6) is 0.988. The van der Waals surface area contributed by atoms with E-state index in [1.165, 1.54) is 0 Å². The van der Waals surface area contributed by atoms with E-state index in [1.54, 1.807) is 0 Å². The van der Waals surface area contributed by atoms with Crippen LogP contribution in [0, 0.1) is 11.8 Å². The SMILES string of the molecule is CCCS(=O)(=O)NCC1CCOC1C(C)C. The first-order chi connectivity index (χ1) is 7.46. The second-order valence-electron chi connectivity index (χ2n) is 4.80. The van der Waals surface area contributed by atoms with Crippen LogP contribution in [0.1, 0.15) is 33.6 Å². The Morgan fingerprint density at radius 1 is 1.44 bits per heavy atom. The maximum Gasteiger partial charge on any atom is 0.211 e. The van der Waals surface area contributed by atoms with Crippen LogP contribution in [0.25, 0.3) is 0 Å². The van der Waals surface area contributed by atoms with Gasteiger partial charge in [0.15, 0.2) is 0 Å². The lowest BCUT2D eigenvalue weighted by Gasteiger charge is -2.22. The molecule has 0 amide bonds. The molecule has 0 spiro atoms. The first kappa shape index (κ1) is 13.9. The van der Waals surface area contributed by atoms with E-state index in [0.717, 1.165) is 13.0 Å². The lowest BCUT2D eigenvalue weighted by molar-refractivity contribution is 0.0551. The highest BCUT2D eigenvalue weighted by molar-refractivity contribution is 7.89. The van der Waals surface area contributed by atoms with Gasteiger partial charge in [0, 0.05) is 19.1 Å². The summed E-state index contributed by atoms with van der Waals surface area (Å²) in [6, 6.07) is 0. The first-order valence-electron chi connectivity index (χ1n) is 6.05. The van der Waals surface area contributed by atoms with Gasteiger partial charge in [0.2, 0.25) is 10.0 Å². The lowest BCUT2D eigenvalue weighted by atomic mass is 9.93. The summed E-state index contributed by atoms with van der Waals surface area (Å²) < 4.78 is 31.3. The second-order valence-corrected chi connectivity index (χ2v) is 6.72. The molecule has 4 nitrogen and oxygen atoms in total. The number of nitrogens with one attached hydrogen (secondary N) is 1. The van der Waals surface area contributed by atoms with Gasteiger partial charge in [0.25, 0.3) is 0 Å². The molecule has 2 atom stereocenters. The van der Waals surface area contributed by atoms with E-state index in [-0.39, 0.29) is 11.9 Å². The third kappa shape index (κ3) is 4.03. The van der Waals surface area contributed by atoms with Crippen molar-refractivity contribution in [2.24, 2.45) is 11.8 Å². The van der Waals surface area contributed by atoms with Crippen LogP contribution >= 0.6 is 0 Å². The van der Waals surface area contributed by atoms with Gasteiger partial charge in [-0.25, -0.2) is 13.1 Å². The van der Waals surface area contributed by atoms with Crippen molar-refractivity contribution in [2.75, 3.05) is 18.9 Å². The molecule has 1 aliphatic rings. The van der Waals surface area contributed by atoms with E-state index >= 15 is 0 Å². The minimum atomic E-state index is -3.07. The minimum absolute atomic E-state index is 0.198. The summed E-state index contributed by atoms with van der Waals surface area (Å²) >= 11 is 0. The Labute approximate surface area is 98.8 Å². The Morgan fingerprint density at radius 2 is 2.12 bits per heavy atom. The third-order valence-electron chi connectivity index (χ3n) is 2.96. The molecule has 1 fully saturated rings. The standard InChI is InChI=1S/C11H23NO3S/c1-4-7-16(13,14)12-8-10-5-6-15-11(10)9(2)3/h9-12H,4-8H2,1-3H3. The zero-order chi connectivity index (χ0) is 12.2. The fraction of sp³-hybridized carbons (Fsp3) is 1.00. The predicted octanol–water partition coefficient (Wildman–Crippen LogP) is 1.38. The molecular weight excluding hydrogens is 226 g/mol. The summed E-state index contributed by atoms with van der Waals surface area (Å²) in [6.07, 6.45) is 1.81. The van der Waals surface area contributed by atoms with E-state index in [2.05, 4.69) is 18.6 Å². The van der Waals surface area contributed by atoms with E-state index in [1.807, 2.05) is 6.92 Å². The van der Waals surface area contributed by atoms with Crippen molar-refractivity contribution in [3.63, 3.8) is 0 Å². The van der Waals surface area contributed by atoms with Gasteiger partial charge in [0.05, 0.1) is 11.9 Å². The molecule has 0 saturated carbocycles. The molecular formula is C11H23NO3S. The molecule has 1 rings (SSSR count). The molecule has 0 aromatic rings. The normalized spacial score (nSPS) is 26.5. The Morgan fingerprint density at radius 3 is 2.69 bits per heavy atom. The Hall–Kier alpha value is -0.130. The van der Waals surface area contributed by atoms with E-state index < -0.39 is 10.0 Å². The van der Waals surface area contributed by atoms with E-state index in [4.69, 9.17) is 4.74 Å². The molecule has 1 N–H and O–H groups in total. The van der Waals surface area contributed by atoms with Crippen molar-refractivity contribution in [1.29, 1.82) is 0 Å². The molecule has 1 heterocycles. The summed E-state index contributed by atoms with van der Waals surface area (Å²) in [5.41, 5.74) is 0. The smallest absolute Gasteiger partial charge is 0.211 e. The number of hydrogen-bond acceptors (Lipinski definition) is 3. The predicted molar refractivity (Wildman–Crippen MR) is 64.8 cm³/mol. The van der Waals surface area contributed by atoms with Gasteiger partial charge >= 0.3 is 0 Å². The van der Waals surface area contributed by atoms with Crippen molar-refractivity contribution in [1.82, 2.24) is 4.72 Å². The van der Waals surface area contributed by atoms with Crippen molar-refractivity contribution in [3.8, 4) is 0 Å². The van der Waals surface area contributed by atoms with E-state index in [9.17, 15) is 8.42 Å². The van der Waals surface area contributed by atoms with Crippen LogP contribution in [0.5, 0.6) is 0 Å². The average Bonchev–Trinajstić information content (AvgIpc) is 2.62. The Bertz CT molecular complexity index is 300. The fourth-order valence-corrected chi connectivity index (χ4v) is 3.34. The molecule has 1 saturated heterocycles. The highest BCUT2D eigenvalue weighted by Gasteiger charge is 2.31. The summed E-state index contributed by atoms with van der Waals surface area (Å²) in [4.78, 5) is 0. The highest BCUT2D eigenvalue weighted by Crippen LogP contribution is 2.26.